The molecule has 1 aliphatic heterocycles. The summed E-state index contributed by atoms with van der Waals surface area (Å²) in [5, 5.41) is 0. The van der Waals surface area contributed by atoms with Gasteiger partial charge in [0.25, 0.3) is 5.92 Å². The lowest BCUT2D eigenvalue weighted by Gasteiger charge is -2.36. The summed E-state index contributed by atoms with van der Waals surface area (Å²) in [5.41, 5.74) is 0. The highest BCUT2D eigenvalue weighted by Crippen LogP contribution is 2.31. The summed E-state index contributed by atoms with van der Waals surface area (Å²) in [5.74, 6) is -3.00. The van der Waals surface area contributed by atoms with Crippen LogP contribution in [0, 0.1) is 5.92 Å². The quantitative estimate of drug-likeness (QED) is 0.675. The minimum Gasteiger partial charge on any atom is -0.383 e. The van der Waals surface area contributed by atoms with Crippen LogP contribution in [0.1, 0.15) is 13.3 Å². The molecule has 1 saturated heterocycles. The molecule has 1 atom stereocenters. The van der Waals surface area contributed by atoms with E-state index in [2.05, 4.69) is 0 Å². The van der Waals surface area contributed by atoms with Crippen molar-refractivity contribution in [1.29, 1.82) is 0 Å². The van der Waals surface area contributed by atoms with Crippen molar-refractivity contribution >= 4 is 0 Å². The molecule has 0 aromatic heterocycles. The maximum Gasteiger partial charge on any atom is 0.263 e. The van der Waals surface area contributed by atoms with Crippen molar-refractivity contribution in [2.24, 2.45) is 5.92 Å². The zero-order valence-electron chi connectivity index (χ0n) is 8.22. The van der Waals surface area contributed by atoms with Crippen molar-refractivity contribution in [3.63, 3.8) is 0 Å². The van der Waals surface area contributed by atoms with Crippen molar-refractivity contribution in [3.8, 4) is 0 Å². The Morgan fingerprint density at radius 3 is 2.77 bits per heavy atom. The Balaban J connectivity index is 2.37. The van der Waals surface area contributed by atoms with Gasteiger partial charge in [-0.15, -0.1) is 0 Å². The molecule has 0 unspecified atom stereocenters. The molecule has 4 heteroatoms. The van der Waals surface area contributed by atoms with Crippen molar-refractivity contribution in [3.05, 3.63) is 0 Å². The predicted molar refractivity (Wildman–Crippen MR) is 47.0 cm³/mol. The van der Waals surface area contributed by atoms with E-state index >= 15 is 0 Å². The van der Waals surface area contributed by atoms with Crippen molar-refractivity contribution < 1.29 is 13.5 Å². The average molecular weight is 193 g/mol. The number of hydrogen-bond donors (Lipinski definition) is 0. The van der Waals surface area contributed by atoms with Crippen LogP contribution in [-0.2, 0) is 4.74 Å². The first-order chi connectivity index (χ1) is 6.06. The van der Waals surface area contributed by atoms with Crippen molar-refractivity contribution in [1.82, 2.24) is 4.90 Å². The summed E-state index contributed by atoms with van der Waals surface area (Å²) >= 11 is 0. The van der Waals surface area contributed by atoms with Crippen LogP contribution in [0.3, 0.4) is 0 Å². The molecule has 1 fully saturated rings. The summed E-state index contributed by atoms with van der Waals surface area (Å²) in [6.07, 6.45) is 0.580. The smallest absolute Gasteiger partial charge is 0.263 e. The van der Waals surface area contributed by atoms with Gasteiger partial charge in [-0.2, -0.15) is 0 Å². The number of hydrogen-bond acceptors (Lipinski definition) is 2. The fourth-order valence-electron chi connectivity index (χ4n) is 1.53. The Bertz CT molecular complexity index is 162. The SMILES string of the molecule is COCCN1CC[C@H](C)C(F)(F)C1. The topological polar surface area (TPSA) is 12.5 Å². The fourth-order valence-corrected chi connectivity index (χ4v) is 1.53. The molecule has 13 heavy (non-hydrogen) atoms. The monoisotopic (exact) mass is 193 g/mol. The van der Waals surface area contributed by atoms with Gasteiger partial charge in [0.1, 0.15) is 0 Å². The molecule has 0 aromatic carbocycles. The Morgan fingerprint density at radius 1 is 1.54 bits per heavy atom. The summed E-state index contributed by atoms with van der Waals surface area (Å²) in [4.78, 5) is 1.77. The van der Waals surface area contributed by atoms with E-state index in [4.69, 9.17) is 4.74 Å². The minimum atomic E-state index is -2.52. The van der Waals surface area contributed by atoms with Crippen LogP contribution in [0.2, 0.25) is 0 Å². The number of rotatable bonds is 3. The van der Waals surface area contributed by atoms with Gasteiger partial charge in [0, 0.05) is 19.6 Å². The van der Waals surface area contributed by atoms with Crippen LogP contribution < -0.4 is 0 Å². The van der Waals surface area contributed by atoms with E-state index in [1.165, 1.54) is 0 Å². The second-order valence-corrected chi connectivity index (χ2v) is 3.72. The highest BCUT2D eigenvalue weighted by Gasteiger charge is 2.41. The highest BCUT2D eigenvalue weighted by atomic mass is 19.3. The third-order valence-corrected chi connectivity index (χ3v) is 2.65. The first-order valence-corrected chi connectivity index (χ1v) is 4.65. The predicted octanol–water partition coefficient (Wildman–Crippen LogP) is 1.61. The molecule has 0 bridgehead atoms. The van der Waals surface area contributed by atoms with E-state index in [0.29, 0.717) is 19.6 Å². The van der Waals surface area contributed by atoms with Gasteiger partial charge in [0.2, 0.25) is 0 Å². The fraction of sp³-hybridized carbons (Fsp3) is 1.00. The van der Waals surface area contributed by atoms with Crippen LogP contribution >= 0.6 is 0 Å². The molecular formula is C9H17F2NO. The molecule has 0 amide bonds. The second-order valence-electron chi connectivity index (χ2n) is 3.72. The van der Waals surface area contributed by atoms with Gasteiger partial charge in [-0.1, -0.05) is 6.92 Å². The van der Waals surface area contributed by atoms with Crippen LogP contribution in [-0.4, -0.2) is 44.2 Å². The Kier molecular flexibility index (Phi) is 3.62. The van der Waals surface area contributed by atoms with Gasteiger partial charge in [-0.3, -0.25) is 4.90 Å². The molecule has 0 saturated carbocycles. The zero-order chi connectivity index (χ0) is 9.90. The molecule has 0 radical (unpaired) electrons. The van der Waals surface area contributed by atoms with Gasteiger partial charge in [-0.25, -0.2) is 8.78 Å². The second kappa shape index (κ2) is 4.33. The van der Waals surface area contributed by atoms with Gasteiger partial charge in [0.15, 0.2) is 0 Å². The van der Waals surface area contributed by atoms with Gasteiger partial charge >= 0.3 is 0 Å². The molecule has 1 rings (SSSR count). The van der Waals surface area contributed by atoms with Crippen LogP contribution in [0.25, 0.3) is 0 Å². The van der Waals surface area contributed by atoms with Crippen LogP contribution in [0.15, 0.2) is 0 Å². The van der Waals surface area contributed by atoms with E-state index in [0.717, 1.165) is 6.54 Å². The van der Waals surface area contributed by atoms with Crippen molar-refractivity contribution in [2.75, 3.05) is 33.4 Å². The third kappa shape index (κ3) is 2.88. The van der Waals surface area contributed by atoms with E-state index in [-0.39, 0.29) is 6.54 Å². The Morgan fingerprint density at radius 2 is 2.23 bits per heavy atom. The lowest BCUT2D eigenvalue weighted by molar-refractivity contribution is -0.106. The first kappa shape index (κ1) is 10.9. The van der Waals surface area contributed by atoms with E-state index in [1.807, 2.05) is 0 Å². The standard InChI is InChI=1S/C9H17F2NO/c1-8-3-4-12(5-6-13-2)7-9(8,10)11/h8H,3-7H2,1-2H3/t8-/m0/s1. The normalized spacial score (nSPS) is 29.1. The number of halogens is 2. The van der Waals surface area contributed by atoms with E-state index in [9.17, 15) is 8.78 Å². The molecule has 0 aromatic rings. The summed E-state index contributed by atoms with van der Waals surface area (Å²) in [7, 11) is 1.59. The Labute approximate surface area is 77.9 Å². The molecule has 78 valence electrons. The number of likely N-dealkylation sites (tertiary alicyclic amines) is 1. The summed E-state index contributed by atoms with van der Waals surface area (Å²) in [6.45, 7) is 3.41. The molecule has 2 nitrogen and oxygen atoms in total. The third-order valence-electron chi connectivity index (χ3n) is 2.65. The number of ether oxygens (including phenoxy) is 1. The summed E-state index contributed by atoms with van der Waals surface area (Å²) < 4.78 is 31.2. The Hall–Kier alpha value is -0.220. The van der Waals surface area contributed by atoms with Crippen LogP contribution in [0.4, 0.5) is 8.78 Å². The lowest BCUT2D eigenvalue weighted by Crippen LogP contribution is -2.48. The van der Waals surface area contributed by atoms with Crippen LogP contribution in [0.5, 0.6) is 0 Å². The molecule has 0 N–H and O–H groups in total. The number of methoxy groups -OCH3 is 1. The minimum absolute atomic E-state index is 0.114. The zero-order valence-corrected chi connectivity index (χ0v) is 8.22. The molecule has 1 aliphatic rings. The van der Waals surface area contributed by atoms with E-state index < -0.39 is 11.8 Å². The number of piperidine rings is 1. The first-order valence-electron chi connectivity index (χ1n) is 4.65. The van der Waals surface area contributed by atoms with Gasteiger partial charge in [0.05, 0.1) is 13.2 Å². The maximum atomic E-state index is 13.2. The number of alkyl halides is 2. The number of nitrogens with zero attached hydrogens (tertiary/aromatic N) is 1. The largest absolute Gasteiger partial charge is 0.383 e. The average Bonchev–Trinajstić information content (AvgIpc) is 2.07. The molecule has 0 spiro atoms. The van der Waals surface area contributed by atoms with Crippen molar-refractivity contribution in [2.45, 2.75) is 19.3 Å². The summed E-state index contributed by atoms with van der Waals surface area (Å²) in [6, 6.07) is 0. The van der Waals surface area contributed by atoms with Gasteiger partial charge < -0.3 is 4.74 Å². The molecule has 1 heterocycles. The molecular weight excluding hydrogens is 176 g/mol. The van der Waals surface area contributed by atoms with E-state index in [1.54, 1.807) is 18.9 Å². The maximum absolute atomic E-state index is 13.2. The highest BCUT2D eigenvalue weighted by molar-refractivity contribution is 4.83. The van der Waals surface area contributed by atoms with Gasteiger partial charge in [-0.05, 0) is 13.0 Å². The lowest BCUT2D eigenvalue weighted by atomic mass is 9.95. The molecule has 0 aliphatic carbocycles.